The number of benzene rings is 2. The molecule has 0 fully saturated rings. The molecule has 0 unspecified atom stereocenters. The van der Waals surface area contributed by atoms with Gasteiger partial charge in [0.1, 0.15) is 16.5 Å². The van der Waals surface area contributed by atoms with Crippen LogP contribution in [-0.4, -0.2) is 21.5 Å². The third-order valence-electron chi connectivity index (χ3n) is 3.68. The van der Waals surface area contributed by atoms with Gasteiger partial charge in [0.2, 0.25) is 0 Å². The number of carbonyl (C=O) groups excluding carboxylic acids is 2. The van der Waals surface area contributed by atoms with Crippen molar-refractivity contribution in [3.8, 4) is 11.4 Å². The maximum absolute atomic E-state index is 12.5. The normalized spacial score (nSPS) is 10.5. The summed E-state index contributed by atoms with van der Waals surface area (Å²) in [7, 11) is 0. The van der Waals surface area contributed by atoms with Crippen LogP contribution in [0.3, 0.4) is 0 Å². The number of Topliss-reactive ketones (excluding diaryl/α,β-unsaturated/α-hetero) is 1. The van der Waals surface area contributed by atoms with Gasteiger partial charge in [-0.1, -0.05) is 29.8 Å². The quantitative estimate of drug-likeness (QED) is 0.399. The Labute approximate surface area is 149 Å². The summed E-state index contributed by atoms with van der Waals surface area (Å²) in [5, 5.41) is 4.51. The van der Waals surface area contributed by atoms with E-state index in [1.54, 1.807) is 31.2 Å². The van der Waals surface area contributed by atoms with Crippen molar-refractivity contribution < 1.29 is 14.3 Å². The third kappa shape index (κ3) is 3.46. The van der Waals surface area contributed by atoms with Crippen LogP contribution in [0.5, 0.6) is 5.75 Å². The summed E-state index contributed by atoms with van der Waals surface area (Å²) >= 11 is 6.35. The number of halogens is 1. The first-order valence-electron chi connectivity index (χ1n) is 7.61. The lowest BCUT2D eigenvalue weighted by molar-refractivity contribution is 0.0734. The molecule has 3 rings (SSSR count). The fourth-order valence-corrected chi connectivity index (χ4v) is 2.74. The molecule has 0 saturated carbocycles. The van der Waals surface area contributed by atoms with Crippen LogP contribution in [0.4, 0.5) is 0 Å². The minimum absolute atomic E-state index is 0.0547. The van der Waals surface area contributed by atoms with Gasteiger partial charge in [-0.05, 0) is 50.2 Å². The van der Waals surface area contributed by atoms with Gasteiger partial charge in [0.05, 0.1) is 11.4 Å². The van der Waals surface area contributed by atoms with Gasteiger partial charge < -0.3 is 4.74 Å². The number of carbonyl (C=O) groups is 2. The summed E-state index contributed by atoms with van der Waals surface area (Å²) in [6, 6.07) is 15.6. The van der Waals surface area contributed by atoms with Crippen LogP contribution in [-0.2, 0) is 0 Å². The van der Waals surface area contributed by atoms with E-state index >= 15 is 0 Å². The molecule has 0 aliphatic heterocycles. The molecule has 6 heteroatoms. The second-order valence-electron chi connectivity index (χ2n) is 5.47. The lowest BCUT2D eigenvalue weighted by atomic mass is 10.1. The lowest BCUT2D eigenvalue weighted by Gasteiger charge is -2.05. The molecule has 0 amide bonds. The summed E-state index contributed by atoms with van der Waals surface area (Å²) in [6.45, 7) is 3.17. The molecule has 0 aliphatic carbocycles. The molecule has 0 spiro atoms. The van der Waals surface area contributed by atoms with E-state index in [1.165, 1.54) is 11.6 Å². The van der Waals surface area contributed by atoms with Crippen LogP contribution < -0.4 is 4.74 Å². The van der Waals surface area contributed by atoms with E-state index in [9.17, 15) is 9.59 Å². The highest BCUT2D eigenvalue weighted by atomic mass is 35.5. The van der Waals surface area contributed by atoms with Crippen LogP contribution >= 0.6 is 11.6 Å². The van der Waals surface area contributed by atoms with E-state index in [1.807, 2.05) is 30.3 Å². The van der Waals surface area contributed by atoms with Gasteiger partial charge in [0.25, 0.3) is 0 Å². The van der Waals surface area contributed by atoms with Crippen molar-refractivity contribution in [2.45, 2.75) is 13.8 Å². The first kappa shape index (κ1) is 16.9. The van der Waals surface area contributed by atoms with Gasteiger partial charge in [0.15, 0.2) is 5.78 Å². The molecule has 0 N–H and O–H groups in total. The Morgan fingerprint density at radius 1 is 1.04 bits per heavy atom. The van der Waals surface area contributed by atoms with E-state index in [-0.39, 0.29) is 16.5 Å². The SMILES string of the molecule is CC(=O)c1ccc(OC(=O)c2c(C)nn(-c3ccccc3)c2Cl)cc1. The third-order valence-corrected chi connectivity index (χ3v) is 4.03. The molecule has 0 saturated heterocycles. The zero-order valence-electron chi connectivity index (χ0n) is 13.7. The van der Waals surface area contributed by atoms with Crippen molar-refractivity contribution in [2.75, 3.05) is 0 Å². The van der Waals surface area contributed by atoms with Gasteiger partial charge in [-0.3, -0.25) is 4.79 Å². The zero-order chi connectivity index (χ0) is 18.0. The monoisotopic (exact) mass is 354 g/mol. The Hall–Kier alpha value is -2.92. The number of ketones is 1. The molecule has 0 aliphatic rings. The highest BCUT2D eigenvalue weighted by molar-refractivity contribution is 6.33. The van der Waals surface area contributed by atoms with Crippen LogP contribution in [0.15, 0.2) is 54.6 Å². The molecule has 5 nitrogen and oxygen atoms in total. The molecule has 0 atom stereocenters. The van der Waals surface area contributed by atoms with E-state index in [2.05, 4.69) is 5.10 Å². The van der Waals surface area contributed by atoms with Gasteiger partial charge in [-0.2, -0.15) is 5.10 Å². The van der Waals surface area contributed by atoms with Crippen molar-refractivity contribution in [1.82, 2.24) is 9.78 Å². The first-order chi connectivity index (χ1) is 12.0. The van der Waals surface area contributed by atoms with E-state index < -0.39 is 5.97 Å². The maximum Gasteiger partial charge on any atom is 0.348 e. The zero-order valence-corrected chi connectivity index (χ0v) is 14.4. The van der Waals surface area contributed by atoms with Crippen LogP contribution in [0.25, 0.3) is 5.69 Å². The Bertz CT molecular complexity index is 931. The number of esters is 1. The standard InChI is InChI=1S/C19H15ClN2O3/c1-12-17(18(20)22(21-12)15-6-4-3-5-7-15)19(24)25-16-10-8-14(9-11-16)13(2)23/h3-11H,1-2H3. The number of aromatic nitrogens is 2. The molecule has 1 aromatic heterocycles. The number of aryl methyl sites for hydroxylation is 1. The Morgan fingerprint density at radius 2 is 1.68 bits per heavy atom. The van der Waals surface area contributed by atoms with Crippen LogP contribution in [0, 0.1) is 6.92 Å². The van der Waals surface area contributed by atoms with Crippen molar-refractivity contribution in [3.05, 3.63) is 76.6 Å². The van der Waals surface area contributed by atoms with Crippen LogP contribution in [0.2, 0.25) is 5.15 Å². The number of para-hydroxylation sites is 1. The Morgan fingerprint density at radius 3 is 2.28 bits per heavy atom. The van der Waals surface area contributed by atoms with Gasteiger partial charge in [-0.15, -0.1) is 0 Å². The number of hydrogen-bond acceptors (Lipinski definition) is 4. The number of rotatable bonds is 4. The summed E-state index contributed by atoms with van der Waals surface area (Å²) in [5.41, 5.74) is 1.98. The molecular weight excluding hydrogens is 340 g/mol. The lowest BCUT2D eigenvalue weighted by Crippen LogP contribution is -2.10. The van der Waals surface area contributed by atoms with Crippen LogP contribution in [0.1, 0.15) is 33.3 Å². The summed E-state index contributed by atoms with van der Waals surface area (Å²) in [6.07, 6.45) is 0. The molecule has 0 radical (unpaired) electrons. The molecule has 25 heavy (non-hydrogen) atoms. The Balaban J connectivity index is 1.88. The van der Waals surface area contributed by atoms with Crippen molar-refractivity contribution >= 4 is 23.4 Å². The molecular formula is C19H15ClN2O3. The highest BCUT2D eigenvalue weighted by Crippen LogP contribution is 2.25. The molecule has 3 aromatic rings. The fraction of sp³-hybridized carbons (Fsp3) is 0.105. The number of hydrogen-bond donors (Lipinski definition) is 0. The molecule has 1 heterocycles. The summed E-state index contributed by atoms with van der Waals surface area (Å²) < 4.78 is 6.85. The van der Waals surface area contributed by atoms with E-state index in [4.69, 9.17) is 16.3 Å². The molecule has 0 bridgehead atoms. The highest BCUT2D eigenvalue weighted by Gasteiger charge is 2.23. The fourth-order valence-electron chi connectivity index (χ4n) is 2.39. The maximum atomic E-state index is 12.5. The second kappa shape index (κ2) is 6.91. The topological polar surface area (TPSA) is 61.2 Å². The van der Waals surface area contributed by atoms with Crippen molar-refractivity contribution in [1.29, 1.82) is 0 Å². The average molecular weight is 355 g/mol. The average Bonchev–Trinajstić information content (AvgIpc) is 2.90. The smallest absolute Gasteiger partial charge is 0.348 e. The van der Waals surface area contributed by atoms with Crippen molar-refractivity contribution in [2.24, 2.45) is 0 Å². The second-order valence-corrected chi connectivity index (χ2v) is 5.83. The van der Waals surface area contributed by atoms with E-state index in [0.717, 1.165) is 5.69 Å². The van der Waals surface area contributed by atoms with Gasteiger partial charge in [-0.25, -0.2) is 9.48 Å². The number of nitrogens with zero attached hydrogens (tertiary/aromatic N) is 2. The van der Waals surface area contributed by atoms with E-state index in [0.29, 0.717) is 17.0 Å². The Kier molecular flexibility index (Phi) is 4.67. The minimum Gasteiger partial charge on any atom is -0.423 e. The predicted octanol–water partition coefficient (Wildman–Crippen LogP) is 4.26. The summed E-state index contributed by atoms with van der Waals surface area (Å²) in [4.78, 5) is 23.8. The van der Waals surface area contributed by atoms with Gasteiger partial charge >= 0.3 is 5.97 Å². The first-order valence-corrected chi connectivity index (χ1v) is 7.99. The summed E-state index contributed by atoms with van der Waals surface area (Å²) in [5.74, 6) is -0.320. The molecule has 126 valence electrons. The minimum atomic E-state index is -0.597. The predicted molar refractivity (Wildman–Crippen MR) is 94.7 cm³/mol. The molecule has 2 aromatic carbocycles. The largest absolute Gasteiger partial charge is 0.423 e. The number of ether oxygens (including phenoxy) is 1. The van der Waals surface area contributed by atoms with Crippen molar-refractivity contribution in [3.63, 3.8) is 0 Å². The van der Waals surface area contributed by atoms with Gasteiger partial charge in [0, 0.05) is 5.56 Å².